The van der Waals surface area contributed by atoms with Crippen LogP contribution in [0.3, 0.4) is 0 Å². The minimum atomic E-state index is -1.58. The standard InChI is InChI=1S/C22H29FN4O2.C5H8O4.C2H6/c23-19-12-18(21-17(20(19)24)2-1-7-25-21)22(28)26-13-15-3-8-27(9-4-15)14-16-5-10-29-11-6-16;1-3(7)5(9)4(8)2-6;1-2/h1-2,7,12,15-16H,3-6,8-11,13-14,24H2,(H,26,28);2,4-5,8-9H,1H3;1-2H3. The van der Waals surface area contributed by atoms with E-state index in [2.05, 4.69) is 15.2 Å². The third-order valence-corrected chi connectivity index (χ3v) is 7.12. The fourth-order valence-electron chi connectivity index (χ4n) is 4.73. The number of piperidine rings is 1. The average Bonchev–Trinajstić information content (AvgIpc) is 2.99. The summed E-state index contributed by atoms with van der Waals surface area (Å²) in [5, 5.41) is 20.5. The highest BCUT2D eigenvalue weighted by Crippen LogP contribution is 2.26. The molecule has 4 rings (SSSR count). The van der Waals surface area contributed by atoms with Gasteiger partial charge in [0, 0.05) is 37.9 Å². The summed E-state index contributed by atoms with van der Waals surface area (Å²) < 4.78 is 19.6. The van der Waals surface area contributed by atoms with E-state index in [1.54, 1.807) is 18.3 Å². The summed E-state index contributed by atoms with van der Waals surface area (Å²) >= 11 is 0. The Kier molecular flexibility index (Phi) is 14.1. The van der Waals surface area contributed by atoms with Gasteiger partial charge in [-0.3, -0.25) is 14.6 Å². The number of fused-ring (bicyclic) bond motifs is 1. The Labute approximate surface area is 235 Å². The van der Waals surface area contributed by atoms with E-state index in [4.69, 9.17) is 20.7 Å². The Morgan fingerprint density at radius 2 is 1.85 bits per heavy atom. The zero-order valence-electron chi connectivity index (χ0n) is 23.6. The fourth-order valence-corrected chi connectivity index (χ4v) is 4.73. The number of anilines is 1. The van der Waals surface area contributed by atoms with Gasteiger partial charge in [0.1, 0.15) is 18.0 Å². The Morgan fingerprint density at radius 3 is 2.42 bits per heavy atom. The molecular weight excluding hydrogens is 519 g/mol. The molecule has 3 heterocycles. The first-order valence-corrected chi connectivity index (χ1v) is 13.9. The summed E-state index contributed by atoms with van der Waals surface area (Å²) in [5.41, 5.74) is 6.51. The molecule has 0 saturated carbocycles. The van der Waals surface area contributed by atoms with Gasteiger partial charge in [0.15, 0.2) is 12.1 Å². The Hall–Kier alpha value is -2.99. The number of nitrogens with two attached hydrogens (primary N) is 1. The molecule has 2 aromatic rings. The minimum absolute atomic E-state index is 0.0292. The molecule has 2 aliphatic rings. The number of ether oxygens (including phenoxy) is 1. The van der Waals surface area contributed by atoms with E-state index < -0.39 is 23.8 Å². The molecule has 1 aromatic heterocycles. The van der Waals surface area contributed by atoms with E-state index >= 15 is 0 Å². The number of benzene rings is 1. The number of hydrogen-bond donors (Lipinski definition) is 4. The molecule has 5 N–H and O–H groups in total. The Morgan fingerprint density at radius 1 is 1.20 bits per heavy atom. The molecule has 11 heteroatoms. The first-order chi connectivity index (χ1) is 19.2. The first kappa shape index (κ1) is 33.2. The molecule has 222 valence electrons. The number of carbonyl (C=O) groups is 3. The molecule has 2 aliphatic heterocycles. The quantitative estimate of drug-likeness (QED) is 0.280. The highest BCUT2D eigenvalue weighted by molar-refractivity contribution is 6.08. The van der Waals surface area contributed by atoms with Gasteiger partial charge in [-0.15, -0.1) is 0 Å². The topological polar surface area (TPSA) is 155 Å². The monoisotopic (exact) mass is 562 g/mol. The number of pyridine rings is 1. The number of rotatable bonds is 8. The van der Waals surface area contributed by atoms with E-state index in [9.17, 15) is 18.8 Å². The zero-order valence-corrected chi connectivity index (χ0v) is 23.6. The van der Waals surface area contributed by atoms with Gasteiger partial charge in [-0.1, -0.05) is 13.8 Å². The molecule has 10 nitrogen and oxygen atoms in total. The number of aliphatic hydroxyl groups excluding tert-OH is 2. The third-order valence-electron chi connectivity index (χ3n) is 7.12. The normalized spacial score (nSPS) is 17.9. The van der Waals surface area contributed by atoms with Crippen molar-refractivity contribution in [2.45, 2.75) is 58.7 Å². The van der Waals surface area contributed by atoms with Crippen LogP contribution in [0.25, 0.3) is 10.9 Å². The fraction of sp³-hybridized carbons (Fsp3) is 0.586. The number of nitrogens with one attached hydrogen (secondary N) is 1. The molecule has 1 aromatic carbocycles. The Bertz CT molecular complexity index is 1100. The molecule has 0 radical (unpaired) electrons. The molecule has 2 fully saturated rings. The van der Waals surface area contributed by atoms with Crippen LogP contribution in [0.15, 0.2) is 24.4 Å². The van der Waals surface area contributed by atoms with Crippen LogP contribution in [-0.4, -0.2) is 89.7 Å². The lowest BCUT2D eigenvalue weighted by molar-refractivity contribution is -0.136. The van der Waals surface area contributed by atoms with Crippen molar-refractivity contribution < 1.29 is 33.7 Å². The number of ketones is 1. The zero-order chi connectivity index (χ0) is 29.7. The lowest BCUT2D eigenvalue weighted by atomic mass is 9.94. The summed E-state index contributed by atoms with van der Waals surface area (Å²) in [6.45, 7) is 10.8. The SMILES string of the molecule is CC.CC(=O)C(O)C(O)C=O.Nc1c(F)cc(C(=O)NCC2CCN(CC3CCOCC3)CC2)c2ncccc12. The van der Waals surface area contributed by atoms with Crippen molar-refractivity contribution in [3.63, 3.8) is 0 Å². The van der Waals surface area contributed by atoms with Crippen molar-refractivity contribution in [3.8, 4) is 0 Å². The highest BCUT2D eigenvalue weighted by atomic mass is 19.1. The maximum absolute atomic E-state index is 14.2. The lowest BCUT2D eigenvalue weighted by Crippen LogP contribution is -2.41. The van der Waals surface area contributed by atoms with Crippen molar-refractivity contribution in [3.05, 3.63) is 35.8 Å². The maximum atomic E-state index is 14.2. The van der Waals surface area contributed by atoms with Crippen LogP contribution in [0.2, 0.25) is 0 Å². The van der Waals surface area contributed by atoms with Gasteiger partial charge in [0.2, 0.25) is 0 Å². The average molecular weight is 563 g/mol. The van der Waals surface area contributed by atoms with Crippen LogP contribution in [0.4, 0.5) is 10.1 Å². The number of nitrogen functional groups attached to an aromatic ring is 1. The first-order valence-electron chi connectivity index (χ1n) is 13.9. The van der Waals surface area contributed by atoms with Crippen LogP contribution in [0.5, 0.6) is 0 Å². The van der Waals surface area contributed by atoms with Gasteiger partial charge < -0.3 is 35.7 Å². The molecule has 2 unspecified atom stereocenters. The van der Waals surface area contributed by atoms with Crippen LogP contribution in [-0.2, 0) is 14.3 Å². The maximum Gasteiger partial charge on any atom is 0.253 e. The smallest absolute Gasteiger partial charge is 0.253 e. The summed E-state index contributed by atoms with van der Waals surface area (Å²) in [7, 11) is 0. The van der Waals surface area contributed by atoms with E-state index in [1.165, 1.54) is 6.07 Å². The largest absolute Gasteiger partial charge is 0.396 e. The molecular formula is C29H43FN4O6. The molecule has 2 atom stereocenters. The number of amides is 1. The Balaban J connectivity index is 0.000000436. The molecule has 0 bridgehead atoms. The van der Waals surface area contributed by atoms with Gasteiger partial charge in [0.25, 0.3) is 5.91 Å². The predicted octanol–water partition coefficient (Wildman–Crippen LogP) is 2.35. The number of halogens is 1. The third kappa shape index (κ3) is 9.58. The summed E-state index contributed by atoms with van der Waals surface area (Å²) in [6.07, 6.45) is 3.02. The summed E-state index contributed by atoms with van der Waals surface area (Å²) in [4.78, 5) is 39.4. The van der Waals surface area contributed by atoms with E-state index in [0.717, 1.165) is 71.4 Å². The minimum Gasteiger partial charge on any atom is -0.396 e. The second-order valence-electron chi connectivity index (χ2n) is 9.91. The highest BCUT2D eigenvalue weighted by Gasteiger charge is 2.24. The molecule has 0 spiro atoms. The molecule has 40 heavy (non-hydrogen) atoms. The number of carbonyl (C=O) groups excluding carboxylic acids is 3. The van der Waals surface area contributed by atoms with E-state index in [1.807, 2.05) is 13.8 Å². The van der Waals surface area contributed by atoms with E-state index in [-0.39, 0.29) is 23.4 Å². The van der Waals surface area contributed by atoms with E-state index in [0.29, 0.717) is 23.4 Å². The van der Waals surface area contributed by atoms with Gasteiger partial charge >= 0.3 is 0 Å². The van der Waals surface area contributed by atoms with Crippen molar-refractivity contribution >= 4 is 34.6 Å². The molecule has 2 saturated heterocycles. The van der Waals surface area contributed by atoms with Crippen LogP contribution in [0, 0.1) is 17.7 Å². The summed E-state index contributed by atoms with van der Waals surface area (Å²) in [5.74, 6) is -0.298. The number of aliphatic hydroxyl groups is 2. The number of nitrogens with zero attached hydrogens (tertiary/aromatic N) is 2. The van der Waals surface area contributed by atoms with Crippen LogP contribution < -0.4 is 11.1 Å². The van der Waals surface area contributed by atoms with Crippen molar-refractivity contribution in [2.24, 2.45) is 11.8 Å². The number of hydrogen-bond acceptors (Lipinski definition) is 9. The number of aromatic nitrogens is 1. The number of Topliss-reactive ketones (excluding diaryl/α,β-unsaturated/α-hetero) is 1. The number of aldehydes is 1. The second-order valence-corrected chi connectivity index (χ2v) is 9.91. The van der Waals surface area contributed by atoms with Gasteiger partial charge in [-0.2, -0.15) is 0 Å². The van der Waals surface area contributed by atoms with Gasteiger partial charge in [-0.05, 0) is 75.7 Å². The van der Waals surface area contributed by atoms with Gasteiger partial charge in [0.05, 0.1) is 16.8 Å². The lowest BCUT2D eigenvalue weighted by Gasteiger charge is -2.35. The molecule has 1 amide bonds. The van der Waals surface area contributed by atoms with Crippen LogP contribution in [0.1, 0.15) is 56.8 Å². The predicted molar refractivity (Wildman–Crippen MR) is 151 cm³/mol. The van der Waals surface area contributed by atoms with Gasteiger partial charge in [-0.25, -0.2) is 4.39 Å². The molecule has 0 aliphatic carbocycles. The second kappa shape index (κ2) is 17.0. The van der Waals surface area contributed by atoms with Crippen molar-refractivity contribution in [1.82, 2.24) is 15.2 Å². The summed E-state index contributed by atoms with van der Waals surface area (Å²) in [6, 6.07) is 4.57. The van der Waals surface area contributed by atoms with Crippen molar-refractivity contribution in [2.75, 3.05) is 45.1 Å². The number of likely N-dealkylation sites (tertiary alicyclic amines) is 1. The van der Waals surface area contributed by atoms with Crippen molar-refractivity contribution in [1.29, 1.82) is 0 Å². The van der Waals surface area contributed by atoms with Crippen LogP contribution >= 0.6 is 0 Å².